The number of rotatable bonds is 5. The number of carbonyl (C=O) groups is 1. The number of thiazole rings is 1. The first-order valence-corrected chi connectivity index (χ1v) is 8.09. The molecule has 1 fully saturated rings. The Balaban J connectivity index is 1.67. The molecule has 2 aromatic rings. The Kier molecular flexibility index (Phi) is 4.03. The smallest absolute Gasteiger partial charge is 0.224 e. The molecule has 1 aliphatic carbocycles. The first-order valence-electron chi connectivity index (χ1n) is 7.21. The maximum Gasteiger partial charge on any atom is 0.224 e. The van der Waals surface area contributed by atoms with Gasteiger partial charge in [0, 0.05) is 29.2 Å². The fourth-order valence-corrected chi connectivity index (χ4v) is 3.41. The molecule has 3 rings (SSSR count). The molecule has 21 heavy (non-hydrogen) atoms. The van der Waals surface area contributed by atoms with E-state index in [1.165, 1.54) is 6.42 Å². The van der Waals surface area contributed by atoms with E-state index in [9.17, 15) is 4.79 Å². The molecule has 0 saturated heterocycles. The van der Waals surface area contributed by atoms with Crippen LogP contribution in [0.5, 0.6) is 0 Å². The van der Waals surface area contributed by atoms with Crippen molar-refractivity contribution >= 4 is 22.9 Å². The van der Waals surface area contributed by atoms with Gasteiger partial charge in [-0.1, -0.05) is 18.6 Å². The van der Waals surface area contributed by atoms with Crippen molar-refractivity contribution in [3.05, 3.63) is 35.8 Å². The quantitative estimate of drug-likeness (QED) is 0.890. The summed E-state index contributed by atoms with van der Waals surface area (Å²) in [5.74, 6) is 0.0523. The highest BCUT2D eigenvalue weighted by atomic mass is 32.1. The summed E-state index contributed by atoms with van der Waals surface area (Å²) in [7, 11) is 0. The van der Waals surface area contributed by atoms with Crippen LogP contribution in [0.25, 0.3) is 10.6 Å². The molecular formula is C16H19N3OS. The Morgan fingerprint density at radius 1 is 1.43 bits per heavy atom. The Hall–Kier alpha value is -1.72. The number of aromatic nitrogens is 1. The zero-order valence-electron chi connectivity index (χ0n) is 11.8. The van der Waals surface area contributed by atoms with Crippen molar-refractivity contribution in [1.29, 1.82) is 0 Å². The molecule has 0 bridgehead atoms. The third kappa shape index (κ3) is 3.14. The maximum atomic E-state index is 12.2. The number of nitrogens with one attached hydrogen (secondary N) is 1. The van der Waals surface area contributed by atoms with Crippen molar-refractivity contribution in [2.75, 3.05) is 11.9 Å². The van der Waals surface area contributed by atoms with Gasteiger partial charge in [-0.2, -0.15) is 0 Å². The lowest BCUT2D eigenvalue weighted by Gasteiger charge is -2.40. The number of anilines is 1. The minimum absolute atomic E-state index is 0.0387. The van der Waals surface area contributed by atoms with Crippen molar-refractivity contribution in [3.63, 3.8) is 0 Å². The summed E-state index contributed by atoms with van der Waals surface area (Å²) < 4.78 is 0. The average molecular weight is 301 g/mol. The molecule has 0 spiro atoms. The lowest BCUT2D eigenvalue weighted by atomic mass is 9.66. The Bertz CT molecular complexity index is 615. The summed E-state index contributed by atoms with van der Waals surface area (Å²) in [4.78, 5) is 16.5. The van der Waals surface area contributed by atoms with Gasteiger partial charge in [0.15, 0.2) is 0 Å². The van der Waals surface area contributed by atoms with E-state index in [-0.39, 0.29) is 11.3 Å². The van der Waals surface area contributed by atoms with Gasteiger partial charge in [-0.15, -0.1) is 11.3 Å². The van der Waals surface area contributed by atoms with Gasteiger partial charge in [0.05, 0.1) is 0 Å². The molecule has 1 aromatic carbocycles. The van der Waals surface area contributed by atoms with E-state index in [1.54, 1.807) is 17.5 Å². The molecule has 1 amide bonds. The Morgan fingerprint density at radius 2 is 2.29 bits per heavy atom. The molecule has 110 valence electrons. The summed E-state index contributed by atoms with van der Waals surface area (Å²) in [5.41, 5.74) is 7.70. The molecule has 0 aliphatic heterocycles. The lowest BCUT2D eigenvalue weighted by molar-refractivity contribution is -0.119. The fourth-order valence-electron chi connectivity index (χ4n) is 2.77. The van der Waals surface area contributed by atoms with Gasteiger partial charge in [0.1, 0.15) is 5.01 Å². The normalized spacial score (nSPS) is 16.2. The third-order valence-corrected chi connectivity index (χ3v) is 5.03. The molecule has 5 heteroatoms. The highest BCUT2D eigenvalue weighted by molar-refractivity contribution is 7.13. The number of carbonyl (C=O) groups excluding carboxylic acids is 1. The van der Waals surface area contributed by atoms with Gasteiger partial charge in [0.2, 0.25) is 5.91 Å². The molecule has 0 atom stereocenters. The number of benzene rings is 1. The van der Waals surface area contributed by atoms with Crippen LogP contribution in [0.1, 0.15) is 25.7 Å². The van der Waals surface area contributed by atoms with Crippen LogP contribution in [-0.2, 0) is 4.79 Å². The number of hydrogen-bond acceptors (Lipinski definition) is 4. The molecule has 1 aliphatic rings. The van der Waals surface area contributed by atoms with Crippen LogP contribution in [0.3, 0.4) is 0 Å². The van der Waals surface area contributed by atoms with Crippen LogP contribution in [0.15, 0.2) is 35.8 Å². The van der Waals surface area contributed by atoms with E-state index in [2.05, 4.69) is 10.3 Å². The molecule has 0 unspecified atom stereocenters. The van der Waals surface area contributed by atoms with Gasteiger partial charge in [-0.3, -0.25) is 4.79 Å². The summed E-state index contributed by atoms with van der Waals surface area (Å²) in [6.07, 6.45) is 5.62. The minimum Gasteiger partial charge on any atom is -0.330 e. The van der Waals surface area contributed by atoms with Crippen LogP contribution >= 0.6 is 11.3 Å². The Labute approximate surface area is 128 Å². The summed E-state index contributed by atoms with van der Waals surface area (Å²) >= 11 is 1.59. The summed E-state index contributed by atoms with van der Waals surface area (Å²) in [6.45, 7) is 0.597. The molecule has 0 radical (unpaired) electrons. The monoisotopic (exact) mass is 301 g/mol. The molecule has 1 heterocycles. The molecule has 4 nitrogen and oxygen atoms in total. The van der Waals surface area contributed by atoms with Gasteiger partial charge < -0.3 is 11.1 Å². The largest absolute Gasteiger partial charge is 0.330 e. The van der Waals surface area contributed by atoms with Crippen molar-refractivity contribution in [2.24, 2.45) is 11.1 Å². The molecular weight excluding hydrogens is 282 g/mol. The van der Waals surface area contributed by atoms with Crippen LogP contribution in [0.4, 0.5) is 5.69 Å². The van der Waals surface area contributed by atoms with E-state index in [1.807, 2.05) is 29.6 Å². The van der Waals surface area contributed by atoms with Crippen molar-refractivity contribution in [2.45, 2.75) is 25.7 Å². The van der Waals surface area contributed by atoms with E-state index in [4.69, 9.17) is 5.73 Å². The second-order valence-corrected chi connectivity index (χ2v) is 6.60. The topological polar surface area (TPSA) is 68.0 Å². The van der Waals surface area contributed by atoms with E-state index < -0.39 is 0 Å². The fraction of sp³-hybridized carbons (Fsp3) is 0.375. The standard InChI is InChI=1S/C16H19N3OS/c17-11-16(5-2-6-16)10-14(20)19-13-4-1-3-12(9-13)15-18-7-8-21-15/h1,3-4,7-9H,2,5-6,10-11,17H2,(H,19,20). The van der Waals surface area contributed by atoms with Crippen molar-refractivity contribution < 1.29 is 4.79 Å². The SMILES string of the molecule is NCC1(CC(=O)Nc2cccc(-c3nccs3)c2)CCC1. The van der Waals surface area contributed by atoms with Gasteiger partial charge >= 0.3 is 0 Å². The van der Waals surface area contributed by atoms with Crippen LogP contribution in [0.2, 0.25) is 0 Å². The van der Waals surface area contributed by atoms with Gasteiger partial charge in [0.25, 0.3) is 0 Å². The number of nitrogens with zero attached hydrogens (tertiary/aromatic N) is 1. The molecule has 3 N–H and O–H groups in total. The van der Waals surface area contributed by atoms with E-state index in [0.29, 0.717) is 13.0 Å². The number of hydrogen-bond donors (Lipinski definition) is 2. The first kappa shape index (κ1) is 14.2. The van der Waals surface area contributed by atoms with E-state index >= 15 is 0 Å². The maximum absolute atomic E-state index is 12.2. The van der Waals surface area contributed by atoms with Crippen molar-refractivity contribution in [1.82, 2.24) is 4.98 Å². The Morgan fingerprint density at radius 3 is 2.90 bits per heavy atom. The first-order chi connectivity index (χ1) is 10.2. The van der Waals surface area contributed by atoms with Crippen LogP contribution < -0.4 is 11.1 Å². The minimum atomic E-state index is 0.0387. The van der Waals surface area contributed by atoms with E-state index in [0.717, 1.165) is 29.1 Å². The number of amides is 1. The van der Waals surface area contributed by atoms with Gasteiger partial charge in [-0.25, -0.2) is 4.98 Å². The molecule has 1 saturated carbocycles. The zero-order chi connectivity index (χ0) is 14.7. The summed E-state index contributed by atoms with van der Waals surface area (Å²) in [5, 5.41) is 5.89. The van der Waals surface area contributed by atoms with Crippen LogP contribution in [0, 0.1) is 5.41 Å². The highest BCUT2D eigenvalue weighted by Gasteiger charge is 2.37. The van der Waals surface area contributed by atoms with Crippen LogP contribution in [-0.4, -0.2) is 17.4 Å². The van der Waals surface area contributed by atoms with Gasteiger partial charge in [-0.05, 0) is 36.9 Å². The number of nitrogens with two attached hydrogens (primary N) is 1. The third-order valence-electron chi connectivity index (χ3n) is 4.21. The zero-order valence-corrected chi connectivity index (χ0v) is 12.7. The second kappa shape index (κ2) is 5.95. The predicted octanol–water partition coefficient (Wildman–Crippen LogP) is 3.27. The lowest BCUT2D eigenvalue weighted by Crippen LogP contribution is -2.40. The highest BCUT2D eigenvalue weighted by Crippen LogP contribution is 2.43. The van der Waals surface area contributed by atoms with Crippen molar-refractivity contribution in [3.8, 4) is 10.6 Å². The summed E-state index contributed by atoms with van der Waals surface area (Å²) in [6, 6.07) is 7.81. The predicted molar refractivity (Wildman–Crippen MR) is 86.1 cm³/mol. The molecule has 1 aromatic heterocycles. The average Bonchev–Trinajstić information content (AvgIpc) is 2.97. The second-order valence-electron chi connectivity index (χ2n) is 5.70.